The predicted molar refractivity (Wildman–Crippen MR) is 179 cm³/mol. The van der Waals surface area contributed by atoms with E-state index in [2.05, 4.69) is 20.3 Å². The Morgan fingerprint density at radius 2 is 1.90 bits per heavy atom. The molecule has 0 radical (unpaired) electrons. The van der Waals surface area contributed by atoms with Crippen molar-refractivity contribution in [2.24, 2.45) is 0 Å². The van der Waals surface area contributed by atoms with Gasteiger partial charge in [0.15, 0.2) is 11.4 Å². The Morgan fingerprint density at radius 3 is 2.63 bits per heavy atom. The molecule has 1 unspecified atom stereocenters. The van der Waals surface area contributed by atoms with Crippen molar-refractivity contribution in [3.8, 4) is 11.1 Å². The smallest absolute Gasteiger partial charge is 0.410 e. The number of amides is 2. The number of H-pyrrole nitrogens is 1. The Bertz CT molecular complexity index is 1980. The fourth-order valence-electron chi connectivity index (χ4n) is 7.14. The lowest BCUT2D eigenvalue weighted by molar-refractivity contribution is 0.0659. The number of nitrogens with one attached hydrogen (secondary N) is 1. The number of anilines is 1. The molecule has 14 nitrogen and oxygen atoms in total. The molecule has 2 saturated heterocycles. The zero-order valence-corrected chi connectivity index (χ0v) is 27.5. The zero-order chi connectivity index (χ0) is 34.1. The molecule has 2 aliphatic rings. The van der Waals surface area contributed by atoms with Crippen LogP contribution in [0.25, 0.3) is 16.8 Å². The number of carbonyl (C=O) groups is 3. The van der Waals surface area contributed by atoms with Crippen molar-refractivity contribution in [1.82, 2.24) is 44.6 Å². The minimum atomic E-state index is -0.356. The third kappa shape index (κ3) is 6.21. The van der Waals surface area contributed by atoms with Crippen LogP contribution >= 0.6 is 0 Å². The molecule has 0 aliphatic carbocycles. The predicted octanol–water partition coefficient (Wildman–Crippen LogP) is 4.79. The zero-order valence-electron chi connectivity index (χ0n) is 27.5. The van der Waals surface area contributed by atoms with Crippen molar-refractivity contribution in [3.05, 3.63) is 89.5 Å². The van der Waals surface area contributed by atoms with Gasteiger partial charge in [-0.05, 0) is 64.0 Å². The monoisotopic (exact) mass is 662 g/mol. The molecule has 2 fully saturated rings. The normalized spacial score (nSPS) is 19.1. The maximum Gasteiger partial charge on any atom is 0.410 e. The van der Waals surface area contributed by atoms with E-state index in [1.807, 2.05) is 54.3 Å². The molecule has 7 rings (SSSR count). The van der Waals surface area contributed by atoms with E-state index in [-0.39, 0.29) is 54.2 Å². The summed E-state index contributed by atoms with van der Waals surface area (Å²) in [5, 5.41) is 12.2. The standard InChI is InChI=1S/C35H38N10O4/c1-21-10-12-25(44(21)34(47)32-38-20-39-42-32)13-15-28-30(22(2)46)31(36)45-33(41-28)26(18-40-45)24-11-14-27(37-17-24)29-9-6-16-43(29)35(48)49-19-23-7-4-3-5-8-23/h3-5,7-8,11,14,17-18,20-21,25,29H,6,9-10,12-13,15-16,19,36H2,1-2H3,(H,38,39,42)/t21-,25-,29?/m1/s1. The van der Waals surface area contributed by atoms with E-state index in [1.54, 1.807) is 17.3 Å². The minimum absolute atomic E-state index is 0.0449. The van der Waals surface area contributed by atoms with E-state index in [9.17, 15) is 14.4 Å². The molecule has 3 N–H and O–H groups in total. The van der Waals surface area contributed by atoms with Crippen LogP contribution in [0.2, 0.25) is 0 Å². The maximum absolute atomic E-state index is 13.2. The number of fused-ring (bicyclic) bond motifs is 1. The topological polar surface area (TPSA) is 178 Å². The highest BCUT2D eigenvalue weighted by Crippen LogP contribution is 2.34. The van der Waals surface area contributed by atoms with E-state index in [0.717, 1.165) is 42.5 Å². The summed E-state index contributed by atoms with van der Waals surface area (Å²) in [6.45, 7) is 4.31. The fraction of sp³-hybridized carbons (Fsp3) is 0.371. The molecule has 6 heterocycles. The van der Waals surface area contributed by atoms with Crippen LogP contribution in [0.1, 0.15) is 89.9 Å². The van der Waals surface area contributed by atoms with Gasteiger partial charge in [-0.15, -0.1) is 10.2 Å². The summed E-state index contributed by atoms with van der Waals surface area (Å²) < 4.78 is 7.10. The van der Waals surface area contributed by atoms with Crippen molar-refractivity contribution < 1.29 is 19.1 Å². The Morgan fingerprint density at radius 1 is 1.06 bits per heavy atom. The highest BCUT2D eigenvalue weighted by atomic mass is 16.6. The Balaban J connectivity index is 1.11. The van der Waals surface area contributed by atoms with Gasteiger partial charge in [0, 0.05) is 36.0 Å². The molecule has 0 saturated carbocycles. The van der Waals surface area contributed by atoms with Gasteiger partial charge in [0.2, 0.25) is 5.82 Å². The summed E-state index contributed by atoms with van der Waals surface area (Å²) in [5.74, 6) is 0.0243. The third-order valence-corrected chi connectivity index (χ3v) is 9.59. The van der Waals surface area contributed by atoms with Crippen LogP contribution in [0.4, 0.5) is 10.6 Å². The number of nitrogen functional groups attached to an aromatic ring is 1. The summed E-state index contributed by atoms with van der Waals surface area (Å²) in [6, 6.07) is 13.3. The van der Waals surface area contributed by atoms with Gasteiger partial charge in [-0.1, -0.05) is 36.4 Å². The van der Waals surface area contributed by atoms with E-state index in [1.165, 1.54) is 17.8 Å². The van der Waals surface area contributed by atoms with Crippen LogP contribution in [-0.4, -0.2) is 81.0 Å². The average molecular weight is 663 g/mol. The van der Waals surface area contributed by atoms with Crippen LogP contribution in [0, 0.1) is 0 Å². The first-order valence-electron chi connectivity index (χ1n) is 16.6. The second-order valence-corrected chi connectivity index (χ2v) is 12.7. The average Bonchev–Trinajstić information content (AvgIpc) is 3.94. The maximum atomic E-state index is 13.2. The van der Waals surface area contributed by atoms with Gasteiger partial charge in [0.25, 0.3) is 5.91 Å². The molecule has 4 aromatic heterocycles. The van der Waals surface area contributed by atoms with E-state index < -0.39 is 0 Å². The number of nitrogens with two attached hydrogens (primary N) is 1. The lowest BCUT2D eigenvalue weighted by Crippen LogP contribution is -2.40. The number of aryl methyl sites for hydroxylation is 1. The second kappa shape index (κ2) is 13.5. The van der Waals surface area contributed by atoms with Gasteiger partial charge in [-0.2, -0.15) is 9.61 Å². The Labute approximate surface area is 282 Å². The number of aromatic amines is 1. The number of aromatic nitrogens is 7. The minimum Gasteiger partial charge on any atom is -0.445 e. The Hall–Kier alpha value is -5.66. The van der Waals surface area contributed by atoms with Gasteiger partial charge in [-0.25, -0.2) is 9.78 Å². The molecule has 49 heavy (non-hydrogen) atoms. The number of Topliss-reactive ketones (excluding diaryl/α,β-unsaturated/α-hetero) is 1. The number of nitrogens with zero attached hydrogens (tertiary/aromatic N) is 8. The fourth-order valence-corrected chi connectivity index (χ4v) is 7.14. The molecular formula is C35H38N10O4. The van der Waals surface area contributed by atoms with Gasteiger partial charge in [0.1, 0.15) is 18.8 Å². The first-order chi connectivity index (χ1) is 23.8. The van der Waals surface area contributed by atoms with Crippen molar-refractivity contribution in [1.29, 1.82) is 0 Å². The summed E-state index contributed by atoms with van der Waals surface area (Å²) in [5.41, 5.74) is 11.2. The van der Waals surface area contributed by atoms with Crippen LogP contribution in [-0.2, 0) is 17.8 Å². The SMILES string of the molecule is CC(=O)c1c(CC[C@H]2CC[C@@H](C)N2C(=O)c2nnc[nH]2)nc2c(-c3ccc(C4CCCN4C(=O)OCc4ccccc4)nc3)cnn2c1N. The lowest BCUT2D eigenvalue weighted by Gasteiger charge is -2.28. The first-order valence-corrected chi connectivity index (χ1v) is 16.6. The van der Waals surface area contributed by atoms with Crippen molar-refractivity contribution in [2.45, 2.75) is 77.1 Å². The molecule has 3 atom stereocenters. The van der Waals surface area contributed by atoms with Crippen molar-refractivity contribution >= 4 is 29.2 Å². The van der Waals surface area contributed by atoms with Gasteiger partial charge in [0.05, 0.1) is 29.2 Å². The van der Waals surface area contributed by atoms with Crippen LogP contribution in [0.5, 0.6) is 0 Å². The van der Waals surface area contributed by atoms with Crippen LogP contribution < -0.4 is 5.73 Å². The van der Waals surface area contributed by atoms with Crippen LogP contribution in [0.15, 0.2) is 61.2 Å². The molecule has 2 amide bonds. The van der Waals surface area contributed by atoms with E-state index >= 15 is 0 Å². The summed E-state index contributed by atoms with van der Waals surface area (Å²) in [7, 11) is 0. The highest BCUT2D eigenvalue weighted by molar-refractivity contribution is 6.00. The van der Waals surface area contributed by atoms with E-state index in [4.69, 9.17) is 20.4 Å². The molecule has 5 aromatic rings. The Kier molecular flexibility index (Phi) is 8.76. The molecule has 252 valence electrons. The number of likely N-dealkylation sites (tertiary alicyclic amines) is 2. The number of benzene rings is 1. The molecule has 2 aliphatic heterocycles. The second-order valence-electron chi connectivity index (χ2n) is 12.7. The number of carbonyl (C=O) groups excluding carboxylic acids is 3. The molecule has 1 aromatic carbocycles. The van der Waals surface area contributed by atoms with Crippen molar-refractivity contribution in [2.75, 3.05) is 12.3 Å². The molecule has 14 heteroatoms. The van der Waals surface area contributed by atoms with Gasteiger partial charge in [-0.3, -0.25) is 19.5 Å². The third-order valence-electron chi connectivity index (χ3n) is 9.59. The van der Waals surface area contributed by atoms with Gasteiger partial charge >= 0.3 is 6.09 Å². The van der Waals surface area contributed by atoms with Crippen LogP contribution in [0.3, 0.4) is 0 Å². The van der Waals surface area contributed by atoms with Crippen molar-refractivity contribution in [3.63, 3.8) is 0 Å². The summed E-state index contributed by atoms with van der Waals surface area (Å²) >= 11 is 0. The van der Waals surface area contributed by atoms with E-state index in [0.29, 0.717) is 41.9 Å². The summed E-state index contributed by atoms with van der Waals surface area (Å²) in [4.78, 5) is 55.2. The first kappa shape index (κ1) is 31.9. The number of rotatable bonds is 9. The number of ketones is 1. The summed E-state index contributed by atoms with van der Waals surface area (Å²) in [6.07, 6.45) is 8.83. The molecule has 0 bridgehead atoms. The molecule has 0 spiro atoms. The largest absolute Gasteiger partial charge is 0.445 e. The lowest BCUT2D eigenvalue weighted by atomic mass is 10.0. The quantitative estimate of drug-likeness (QED) is 0.209. The molecular weight excluding hydrogens is 624 g/mol. The highest BCUT2D eigenvalue weighted by Gasteiger charge is 2.36. The number of hydrogen-bond acceptors (Lipinski definition) is 10. The number of pyridine rings is 1. The van der Waals surface area contributed by atoms with Gasteiger partial charge < -0.3 is 20.4 Å². The number of hydrogen-bond donors (Lipinski definition) is 2. The number of ether oxygens (including phenoxy) is 1.